The van der Waals surface area contributed by atoms with Crippen molar-refractivity contribution in [1.29, 1.82) is 0 Å². The highest BCUT2D eigenvalue weighted by molar-refractivity contribution is 6.32. The zero-order valence-electron chi connectivity index (χ0n) is 16.6. The molecule has 0 atom stereocenters. The molecule has 3 aromatic carbocycles. The number of anilines is 1. The largest absolute Gasteiger partial charge is 0.489 e. The highest BCUT2D eigenvalue weighted by atomic mass is 35.5. The number of carbonyl (C=O) groups excluding carboxylic acids is 2. The first kappa shape index (κ1) is 20.8. The molecule has 0 saturated heterocycles. The van der Waals surface area contributed by atoms with Gasteiger partial charge in [-0.1, -0.05) is 60.1 Å². The lowest BCUT2D eigenvalue weighted by molar-refractivity contribution is -0.119. The van der Waals surface area contributed by atoms with Gasteiger partial charge in [-0.25, -0.2) is 4.79 Å². The van der Waals surface area contributed by atoms with E-state index in [2.05, 4.69) is 5.32 Å². The van der Waals surface area contributed by atoms with E-state index in [0.717, 1.165) is 17.5 Å². The van der Waals surface area contributed by atoms with Crippen LogP contribution < -0.4 is 14.8 Å². The molecule has 1 N–H and O–H groups in total. The van der Waals surface area contributed by atoms with Crippen LogP contribution in [0.15, 0.2) is 66.7 Å². The van der Waals surface area contributed by atoms with E-state index < -0.39 is 18.5 Å². The van der Waals surface area contributed by atoms with E-state index in [9.17, 15) is 9.59 Å². The molecule has 0 aromatic heterocycles. The minimum atomic E-state index is -0.677. The fourth-order valence-corrected chi connectivity index (χ4v) is 3.48. The normalized spacial score (nSPS) is 12.5. The smallest absolute Gasteiger partial charge is 0.338 e. The Labute approximate surface area is 184 Å². The Morgan fingerprint density at radius 3 is 2.55 bits per heavy atom. The molecule has 0 spiro atoms. The highest BCUT2D eigenvalue weighted by Gasteiger charge is 2.20. The zero-order chi connectivity index (χ0) is 21.6. The Hall–Kier alpha value is -3.51. The molecule has 1 aliphatic heterocycles. The van der Waals surface area contributed by atoms with Crippen LogP contribution in [0.25, 0.3) is 11.1 Å². The first-order valence-corrected chi connectivity index (χ1v) is 10.2. The second kappa shape index (κ2) is 9.53. The van der Waals surface area contributed by atoms with Gasteiger partial charge in [0.2, 0.25) is 0 Å². The lowest BCUT2D eigenvalue weighted by Gasteiger charge is -2.13. The van der Waals surface area contributed by atoms with Crippen molar-refractivity contribution in [3.8, 4) is 22.6 Å². The Balaban J connectivity index is 1.42. The lowest BCUT2D eigenvalue weighted by Crippen LogP contribution is -2.21. The van der Waals surface area contributed by atoms with E-state index in [1.54, 1.807) is 6.07 Å². The lowest BCUT2D eigenvalue weighted by atomic mass is 10.0. The van der Waals surface area contributed by atoms with Crippen LogP contribution in [0.5, 0.6) is 11.5 Å². The van der Waals surface area contributed by atoms with Crippen LogP contribution in [0.4, 0.5) is 5.69 Å². The van der Waals surface area contributed by atoms with E-state index in [-0.39, 0.29) is 10.6 Å². The quantitative estimate of drug-likeness (QED) is 0.571. The molecular formula is C24H20ClNO5. The summed E-state index contributed by atoms with van der Waals surface area (Å²) in [7, 11) is 0. The van der Waals surface area contributed by atoms with Crippen molar-refractivity contribution < 1.29 is 23.8 Å². The summed E-state index contributed by atoms with van der Waals surface area (Å²) >= 11 is 6.22. The fraction of sp³-hybridized carbons (Fsp3) is 0.167. The van der Waals surface area contributed by atoms with Crippen molar-refractivity contribution in [3.05, 3.63) is 77.3 Å². The monoisotopic (exact) mass is 437 g/mol. The first-order chi connectivity index (χ1) is 15.1. The Morgan fingerprint density at radius 1 is 0.968 bits per heavy atom. The summed E-state index contributed by atoms with van der Waals surface area (Å²) in [6.07, 6.45) is 0.718. The predicted octanol–water partition coefficient (Wildman–Crippen LogP) is 4.96. The van der Waals surface area contributed by atoms with Gasteiger partial charge < -0.3 is 19.5 Å². The van der Waals surface area contributed by atoms with Crippen LogP contribution in [0.2, 0.25) is 5.02 Å². The molecular weight excluding hydrogens is 418 g/mol. The minimum absolute atomic E-state index is 0.187. The number of hydrogen-bond acceptors (Lipinski definition) is 5. The van der Waals surface area contributed by atoms with Crippen molar-refractivity contribution in [2.45, 2.75) is 6.42 Å². The maximum absolute atomic E-state index is 12.5. The summed E-state index contributed by atoms with van der Waals surface area (Å²) in [6, 6.07) is 20.1. The molecule has 0 saturated carbocycles. The summed E-state index contributed by atoms with van der Waals surface area (Å²) in [6.45, 7) is 0.514. The van der Waals surface area contributed by atoms with Crippen molar-refractivity contribution in [2.75, 3.05) is 25.1 Å². The average molecular weight is 438 g/mol. The van der Waals surface area contributed by atoms with Crippen LogP contribution in [0.1, 0.15) is 16.8 Å². The second-order valence-electron chi connectivity index (χ2n) is 6.87. The molecule has 4 rings (SSSR count). The summed E-state index contributed by atoms with van der Waals surface area (Å²) in [5.41, 5.74) is 2.66. The standard InChI is InChI=1S/C24H20ClNO5/c25-19-13-17(14-21-23(19)30-12-6-11-29-21)24(28)31-15-22(27)26-20-10-5-4-9-18(20)16-7-2-1-3-8-16/h1-5,7-10,13-14H,6,11-12,15H2,(H,26,27). The van der Waals surface area contributed by atoms with E-state index >= 15 is 0 Å². The number of carbonyl (C=O) groups is 2. The van der Waals surface area contributed by atoms with Crippen LogP contribution in [-0.2, 0) is 9.53 Å². The van der Waals surface area contributed by atoms with Crippen molar-refractivity contribution >= 4 is 29.2 Å². The van der Waals surface area contributed by atoms with Gasteiger partial charge in [0, 0.05) is 17.7 Å². The van der Waals surface area contributed by atoms with Gasteiger partial charge in [-0.05, 0) is 23.8 Å². The number of rotatable bonds is 5. The summed E-state index contributed by atoms with van der Waals surface area (Å²) < 4.78 is 16.3. The number of ether oxygens (including phenoxy) is 3. The van der Waals surface area contributed by atoms with Crippen molar-refractivity contribution in [3.63, 3.8) is 0 Å². The third-order valence-corrected chi connectivity index (χ3v) is 4.94. The van der Waals surface area contributed by atoms with Crippen LogP contribution in [0.3, 0.4) is 0 Å². The number of esters is 1. The van der Waals surface area contributed by atoms with Crippen molar-refractivity contribution in [2.24, 2.45) is 0 Å². The molecule has 1 aliphatic rings. The summed E-state index contributed by atoms with van der Waals surface area (Å²) in [4.78, 5) is 24.9. The molecule has 6 nitrogen and oxygen atoms in total. The summed E-state index contributed by atoms with van der Waals surface area (Å²) in [5, 5.41) is 3.06. The molecule has 1 amide bonds. The van der Waals surface area contributed by atoms with E-state index in [0.29, 0.717) is 30.4 Å². The highest BCUT2D eigenvalue weighted by Crippen LogP contribution is 2.38. The number of amides is 1. The van der Waals surface area contributed by atoms with E-state index in [1.165, 1.54) is 12.1 Å². The number of nitrogens with one attached hydrogen (secondary N) is 1. The van der Waals surface area contributed by atoms with Crippen molar-refractivity contribution in [1.82, 2.24) is 0 Å². The summed E-state index contributed by atoms with van der Waals surface area (Å²) in [5.74, 6) is -0.328. The second-order valence-corrected chi connectivity index (χ2v) is 7.28. The van der Waals surface area contributed by atoms with E-state index in [1.807, 2.05) is 48.5 Å². The number of fused-ring (bicyclic) bond motifs is 1. The van der Waals surface area contributed by atoms with Gasteiger partial charge in [-0.15, -0.1) is 0 Å². The number of hydrogen-bond donors (Lipinski definition) is 1. The molecule has 0 fully saturated rings. The van der Waals surface area contributed by atoms with Crippen LogP contribution in [0, 0.1) is 0 Å². The third-order valence-electron chi connectivity index (χ3n) is 4.66. The van der Waals surface area contributed by atoms with Gasteiger partial charge in [0.15, 0.2) is 18.1 Å². The van der Waals surface area contributed by atoms with Crippen LogP contribution >= 0.6 is 11.6 Å². The number of benzene rings is 3. The molecule has 0 bridgehead atoms. The molecule has 1 heterocycles. The van der Waals surface area contributed by atoms with Gasteiger partial charge in [-0.2, -0.15) is 0 Å². The molecule has 31 heavy (non-hydrogen) atoms. The Kier molecular flexibility index (Phi) is 6.38. The molecule has 0 unspecified atom stereocenters. The third kappa shape index (κ3) is 4.98. The Morgan fingerprint density at radius 2 is 1.71 bits per heavy atom. The maximum Gasteiger partial charge on any atom is 0.338 e. The number of para-hydroxylation sites is 1. The van der Waals surface area contributed by atoms with Gasteiger partial charge >= 0.3 is 5.97 Å². The van der Waals surface area contributed by atoms with E-state index in [4.69, 9.17) is 25.8 Å². The molecule has 3 aromatic rings. The minimum Gasteiger partial charge on any atom is -0.489 e. The van der Waals surface area contributed by atoms with Gasteiger partial charge in [0.25, 0.3) is 5.91 Å². The van der Waals surface area contributed by atoms with Crippen LogP contribution in [-0.4, -0.2) is 31.7 Å². The fourth-order valence-electron chi connectivity index (χ4n) is 3.21. The number of halogens is 1. The topological polar surface area (TPSA) is 73.9 Å². The molecule has 7 heteroatoms. The molecule has 0 radical (unpaired) electrons. The predicted molar refractivity (Wildman–Crippen MR) is 118 cm³/mol. The van der Waals surface area contributed by atoms with Gasteiger partial charge in [-0.3, -0.25) is 4.79 Å². The Bertz CT molecular complexity index is 1100. The molecule has 158 valence electrons. The molecule has 0 aliphatic carbocycles. The van der Waals surface area contributed by atoms with Gasteiger partial charge in [0.05, 0.1) is 23.8 Å². The SMILES string of the molecule is O=C(COC(=O)c1cc(Cl)c2c(c1)OCCCO2)Nc1ccccc1-c1ccccc1. The average Bonchev–Trinajstić information content (AvgIpc) is 3.04. The maximum atomic E-state index is 12.5. The first-order valence-electron chi connectivity index (χ1n) is 9.82. The van der Waals surface area contributed by atoms with Gasteiger partial charge in [0.1, 0.15) is 0 Å². The zero-order valence-corrected chi connectivity index (χ0v) is 17.4.